The lowest BCUT2D eigenvalue weighted by molar-refractivity contribution is 0.0136. The molecule has 21 heavy (non-hydrogen) atoms. The van der Waals surface area contributed by atoms with Crippen molar-refractivity contribution in [2.45, 2.75) is 30.7 Å². The third-order valence-electron chi connectivity index (χ3n) is 3.72. The minimum absolute atomic E-state index is 0.0870. The molecule has 1 fully saturated rings. The van der Waals surface area contributed by atoms with Crippen molar-refractivity contribution >= 4 is 11.6 Å². The minimum Gasteiger partial charge on any atom is -0.457 e. The summed E-state index contributed by atoms with van der Waals surface area (Å²) in [5, 5.41) is -0.0870. The smallest absolute Gasteiger partial charge is 0.127 e. The lowest BCUT2D eigenvalue weighted by atomic mass is 10.0. The maximum atomic E-state index is 6.53. The van der Waals surface area contributed by atoms with Crippen LogP contribution in [-0.2, 0) is 4.74 Å². The Morgan fingerprint density at radius 3 is 2.33 bits per heavy atom. The summed E-state index contributed by atoms with van der Waals surface area (Å²) in [5.74, 6) is 1.65. The fourth-order valence-corrected chi connectivity index (χ4v) is 2.90. The van der Waals surface area contributed by atoms with E-state index in [1.165, 1.54) is 6.42 Å². The van der Waals surface area contributed by atoms with Crippen LogP contribution in [0.4, 0.5) is 0 Å². The van der Waals surface area contributed by atoms with E-state index < -0.39 is 0 Å². The third-order valence-corrected chi connectivity index (χ3v) is 4.25. The molecule has 0 radical (unpaired) electrons. The molecule has 2 aromatic rings. The van der Waals surface area contributed by atoms with Gasteiger partial charge in [-0.15, -0.1) is 11.6 Å². The lowest BCUT2D eigenvalue weighted by Crippen LogP contribution is -2.23. The standard InChI is InChI=1S/C18H19ClO2/c19-18(17-8-4-5-13-20-17)14-9-11-16(12-10-14)21-15-6-2-1-3-7-15/h1-3,6-7,9-12,17-18H,4-5,8,13H2. The van der Waals surface area contributed by atoms with E-state index in [0.29, 0.717) is 0 Å². The molecular weight excluding hydrogens is 284 g/mol. The average molecular weight is 303 g/mol. The summed E-state index contributed by atoms with van der Waals surface area (Å²) in [6.07, 6.45) is 3.50. The highest BCUT2D eigenvalue weighted by molar-refractivity contribution is 6.21. The summed E-state index contributed by atoms with van der Waals surface area (Å²) < 4.78 is 11.5. The molecule has 3 rings (SSSR count). The first-order chi connectivity index (χ1) is 10.3. The Balaban J connectivity index is 1.66. The van der Waals surface area contributed by atoms with Gasteiger partial charge in [0, 0.05) is 6.61 Å². The number of rotatable bonds is 4. The Morgan fingerprint density at radius 1 is 0.952 bits per heavy atom. The molecule has 2 nitrogen and oxygen atoms in total. The van der Waals surface area contributed by atoms with E-state index >= 15 is 0 Å². The fourth-order valence-electron chi connectivity index (χ4n) is 2.56. The molecule has 1 aliphatic heterocycles. The Hall–Kier alpha value is -1.51. The van der Waals surface area contributed by atoms with Crippen LogP contribution in [0.15, 0.2) is 54.6 Å². The average Bonchev–Trinajstić information content (AvgIpc) is 2.57. The zero-order valence-corrected chi connectivity index (χ0v) is 12.6. The predicted molar refractivity (Wildman–Crippen MR) is 85.1 cm³/mol. The number of halogens is 1. The summed E-state index contributed by atoms with van der Waals surface area (Å²) in [7, 11) is 0. The van der Waals surface area contributed by atoms with Gasteiger partial charge >= 0.3 is 0 Å². The highest BCUT2D eigenvalue weighted by Gasteiger charge is 2.23. The van der Waals surface area contributed by atoms with E-state index in [0.717, 1.165) is 36.5 Å². The van der Waals surface area contributed by atoms with Gasteiger partial charge in [-0.1, -0.05) is 30.3 Å². The second-order valence-electron chi connectivity index (χ2n) is 5.29. The second kappa shape index (κ2) is 6.97. The second-order valence-corrected chi connectivity index (χ2v) is 5.76. The zero-order valence-electron chi connectivity index (χ0n) is 11.9. The van der Waals surface area contributed by atoms with Crippen molar-refractivity contribution in [3.8, 4) is 11.5 Å². The number of ether oxygens (including phenoxy) is 2. The molecular formula is C18H19ClO2. The van der Waals surface area contributed by atoms with Crippen molar-refractivity contribution in [3.63, 3.8) is 0 Å². The van der Waals surface area contributed by atoms with Crippen LogP contribution in [0.5, 0.6) is 11.5 Å². The molecule has 0 spiro atoms. The molecule has 110 valence electrons. The van der Waals surface area contributed by atoms with Crippen LogP contribution in [-0.4, -0.2) is 12.7 Å². The number of para-hydroxylation sites is 1. The van der Waals surface area contributed by atoms with E-state index in [1.807, 2.05) is 54.6 Å². The molecule has 1 aliphatic rings. The van der Waals surface area contributed by atoms with Crippen LogP contribution < -0.4 is 4.74 Å². The van der Waals surface area contributed by atoms with E-state index in [9.17, 15) is 0 Å². The Labute approximate surface area is 130 Å². The maximum absolute atomic E-state index is 6.53. The molecule has 0 N–H and O–H groups in total. The van der Waals surface area contributed by atoms with Gasteiger partial charge in [-0.25, -0.2) is 0 Å². The van der Waals surface area contributed by atoms with Crippen molar-refractivity contribution in [2.75, 3.05) is 6.61 Å². The van der Waals surface area contributed by atoms with Crippen molar-refractivity contribution < 1.29 is 9.47 Å². The van der Waals surface area contributed by atoms with Gasteiger partial charge < -0.3 is 9.47 Å². The molecule has 1 saturated heterocycles. The first-order valence-electron chi connectivity index (χ1n) is 7.41. The van der Waals surface area contributed by atoms with Gasteiger partial charge in [0.15, 0.2) is 0 Å². The van der Waals surface area contributed by atoms with Crippen LogP contribution in [0.1, 0.15) is 30.2 Å². The van der Waals surface area contributed by atoms with Gasteiger partial charge in [0.2, 0.25) is 0 Å². The monoisotopic (exact) mass is 302 g/mol. The predicted octanol–water partition coefficient (Wildman–Crippen LogP) is 5.33. The van der Waals surface area contributed by atoms with Crippen LogP contribution in [0.3, 0.4) is 0 Å². The maximum Gasteiger partial charge on any atom is 0.127 e. The summed E-state index contributed by atoms with van der Waals surface area (Å²) >= 11 is 6.53. The van der Waals surface area contributed by atoms with Gasteiger partial charge in [0.05, 0.1) is 11.5 Å². The molecule has 0 amide bonds. The first-order valence-corrected chi connectivity index (χ1v) is 7.85. The normalized spacial score (nSPS) is 20.0. The van der Waals surface area contributed by atoms with Crippen molar-refractivity contribution in [1.29, 1.82) is 0 Å². The molecule has 0 aliphatic carbocycles. The van der Waals surface area contributed by atoms with Crippen LogP contribution >= 0.6 is 11.6 Å². The Kier molecular flexibility index (Phi) is 4.79. The molecule has 2 aromatic carbocycles. The summed E-state index contributed by atoms with van der Waals surface area (Å²) in [4.78, 5) is 0. The number of benzene rings is 2. The van der Waals surface area contributed by atoms with Crippen molar-refractivity contribution in [1.82, 2.24) is 0 Å². The lowest BCUT2D eigenvalue weighted by Gasteiger charge is -2.27. The fraction of sp³-hybridized carbons (Fsp3) is 0.333. The van der Waals surface area contributed by atoms with E-state index in [2.05, 4.69) is 0 Å². The van der Waals surface area contributed by atoms with Gasteiger partial charge in [-0.2, -0.15) is 0 Å². The van der Waals surface area contributed by atoms with Gasteiger partial charge in [-0.3, -0.25) is 0 Å². The first kappa shape index (κ1) is 14.4. The van der Waals surface area contributed by atoms with Crippen molar-refractivity contribution in [2.24, 2.45) is 0 Å². The van der Waals surface area contributed by atoms with E-state index in [4.69, 9.17) is 21.1 Å². The van der Waals surface area contributed by atoms with Crippen LogP contribution in [0.25, 0.3) is 0 Å². The number of hydrogen-bond acceptors (Lipinski definition) is 2. The molecule has 2 atom stereocenters. The van der Waals surface area contributed by atoms with Gasteiger partial charge in [0.1, 0.15) is 11.5 Å². The zero-order chi connectivity index (χ0) is 14.5. The summed E-state index contributed by atoms with van der Waals surface area (Å²) in [5.41, 5.74) is 1.09. The molecule has 1 heterocycles. The van der Waals surface area contributed by atoms with Gasteiger partial charge in [0.25, 0.3) is 0 Å². The van der Waals surface area contributed by atoms with E-state index in [1.54, 1.807) is 0 Å². The summed E-state index contributed by atoms with van der Waals surface area (Å²) in [6.45, 7) is 0.823. The van der Waals surface area contributed by atoms with Crippen molar-refractivity contribution in [3.05, 3.63) is 60.2 Å². The third kappa shape index (κ3) is 3.78. The van der Waals surface area contributed by atoms with Crippen LogP contribution in [0.2, 0.25) is 0 Å². The highest BCUT2D eigenvalue weighted by atomic mass is 35.5. The highest BCUT2D eigenvalue weighted by Crippen LogP contribution is 2.33. The Bertz CT molecular complexity index is 547. The van der Waals surface area contributed by atoms with Crippen LogP contribution in [0, 0.1) is 0 Å². The largest absolute Gasteiger partial charge is 0.457 e. The topological polar surface area (TPSA) is 18.5 Å². The number of hydrogen-bond donors (Lipinski definition) is 0. The molecule has 0 aromatic heterocycles. The SMILES string of the molecule is ClC(c1ccc(Oc2ccccc2)cc1)C1CCCCO1. The van der Waals surface area contributed by atoms with Gasteiger partial charge in [-0.05, 0) is 49.1 Å². The number of alkyl halides is 1. The van der Waals surface area contributed by atoms with E-state index in [-0.39, 0.29) is 11.5 Å². The summed E-state index contributed by atoms with van der Waals surface area (Å²) in [6, 6.07) is 17.7. The molecule has 3 heteroatoms. The minimum atomic E-state index is -0.0870. The Morgan fingerprint density at radius 2 is 1.67 bits per heavy atom. The quantitative estimate of drug-likeness (QED) is 0.711. The molecule has 0 saturated carbocycles. The molecule has 2 unspecified atom stereocenters. The molecule has 0 bridgehead atoms.